The Morgan fingerprint density at radius 1 is 1.16 bits per heavy atom. The normalized spacial score (nSPS) is 14.8. The number of imide groups is 1. The lowest BCUT2D eigenvalue weighted by Gasteiger charge is -2.19. The Labute approximate surface area is 142 Å². The predicted molar refractivity (Wildman–Crippen MR) is 80.2 cm³/mol. The molecule has 1 aliphatic heterocycles. The van der Waals surface area contributed by atoms with E-state index in [1.807, 2.05) is 0 Å². The Morgan fingerprint density at radius 3 is 2.24 bits per heavy atom. The van der Waals surface area contributed by atoms with Gasteiger partial charge in [-0.3, -0.25) is 19.3 Å². The average Bonchev–Trinajstić information content (AvgIpc) is 2.84. The van der Waals surface area contributed by atoms with E-state index in [0.717, 1.165) is 4.90 Å². The summed E-state index contributed by atoms with van der Waals surface area (Å²) in [6, 6.07) is 5.20. The summed E-state index contributed by atoms with van der Waals surface area (Å²) in [7, 11) is 1.54. The third kappa shape index (κ3) is 5.47. The quantitative estimate of drug-likeness (QED) is 0.731. The number of ether oxygens (including phenoxy) is 1. The molecule has 1 saturated heterocycles. The monoisotopic (exact) mass is 358 g/mol. The van der Waals surface area contributed by atoms with Crippen molar-refractivity contribution in [3.63, 3.8) is 0 Å². The molecule has 136 valence electrons. The van der Waals surface area contributed by atoms with Gasteiger partial charge in [-0.25, -0.2) is 0 Å². The van der Waals surface area contributed by atoms with Crippen LogP contribution in [0, 0.1) is 0 Å². The summed E-state index contributed by atoms with van der Waals surface area (Å²) >= 11 is 0. The summed E-state index contributed by atoms with van der Waals surface area (Å²) in [5.74, 6) is -1.17. The number of hydrogen-bond donors (Lipinski definition) is 0. The van der Waals surface area contributed by atoms with Gasteiger partial charge in [-0.05, 0) is 17.7 Å². The number of hydrogen-bond acceptors (Lipinski definition) is 4. The van der Waals surface area contributed by atoms with Crippen molar-refractivity contribution in [2.75, 3.05) is 13.6 Å². The third-order valence-corrected chi connectivity index (χ3v) is 3.71. The van der Waals surface area contributed by atoms with Crippen LogP contribution in [0.5, 0.6) is 5.75 Å². The molecule has 0 radical (unpaired) electrons. The van der Waals surface area contributed by atoms with E-state index in [2.05, 4.69) is 4.74 Å². The molecule has 1 heterocycles. The number of carbonyl (C=O) groups is 3. The number of carbonyl (C=O) groups excluding carboxylic acids is 3. The van der Waals surface area contributed by atoms with Crippen LogP contribution in [-0.4, -0.2) is 47.5 Å². The number of benzene rings is 1. The number of likely N-dealkylation sites (tertiary alicyclic amines) is 1. The molecule has 0 unspecified atom stereocenters. The SMILES string of the molecule is CN(Cc1ccc(OC(F)(F)F)cc1)C(=O)CCN1C(=O)CCC1=O. The molecule has 0 spiro atoms. The number of amides is 3. The van der Waals surface area contributed by atoms with Crippen LogP contribution in [0.15, 0.2) is 24.3 Å². The van der Waals surface area contributed by atoms with Gasteiger partial charge in [-0.15, -0.1) is 13.2 Å². The number of nitrogens with zero attached hydrogens (tertiary/aromatic N) is 2. The number of halogens is 3. The zero-order valence-corrected chi connectivity index (χ0v) is 13.5. The van der Waals surface area contributed by atoms with Crippen LogP contribution in [0.25, 0.3) is 0 Å². The van der Waals surface area contributed by atoms with Crippen molar-refractivity contribution >= 4 is 17.7 Å². The van der Waals surface area contributed by atoms with E-state index in [1.165, 1.54) is 36.2 Å². The molecule has 1 aliphatic rings. The molecule has 3 amide bonds. The highest BCUT2D eigenvalue weighted by Crippen LogP contribution is 2.23. The summed E-state index contributed by atoms with van der Waals surface area (Å²) in [5, 5.41) is 0. The first-order valence-corrected chi connectivity index (χ1v) is 7.57. The second kappa shape index (κ2) is 7.54. The van der Waals surface area contributed by atoms with Crippen molar-refractivity contribution in [2.24, 2.45) is 0 Å². The maximum absolute atomic E-state index is 12.1. The molecule has 0 atom stereocenters. The van der Waals surface area contributed by atoms with E-state index in [9.17, 15) is 27.6 Å². The smallest absolute Gasteiger partial charge is 0.406 e. The van der Waals surface area contributed by atoms with Crippen LogP contribution in [0.3, 0.4) is 0 Å². The summed E-state index contributed by atoms with van der Waals surface area (Å²) in [5.41, 5.74) is 0.624. The fraction of sp³-hybridized carbons (Fsp3) is 0.438. The minimum absolute atomic E-state index is 0.00322. The van der Waals surface area contributed by atoms with Crippen molar-refractivity contribution in [1.82, 2.24) is 9.80 Å². The zero-order valence-electron chi connectivity index (χ0n) is 13.5. The Balaban J connectivity index is 1.84. The fourth-order valence-corrected chi connectivity index (χ4v) is 2.43. The molecule has 2 rings (SSSR count). The van der Waals surface area contributed by atoms with Crippen LogP contribution >= 0.6 is 0 Å². The molecule has 0 aromatic heterocycles. The van der Waals surface area contributed by atoms with Gasteiger partial charge in [0.1, 0.15) is 5.75 Å². The van der Waals surface area contributed by atoms with E-state index in [1.54, 1.807) is 0 Å². The van der Waals surface area contributed by atoms with Crippen molar-refractivity contribution in [3.05, 3.63) is 29.8 Å². The minimum atomic E-state index is -4.75. The molecule has 0 bridgehead atoms. The van der Waals surface area contributed by atoms with Crippen molar-refractivity contribution in [2.45, 2.75) is 32.2 Å². The largest absolute Gasteiger partial charge is 0.573 e. The van der Waals surface area contributed by atoms with Crippen molar-refractivity contribution in [1.29, 1.82) is 0 Å². The molecule has 0 N–H and O–H groups in total. The highest BCUT2D eigenvalue weighted by Gasteiger charge is 2.31. The van der Waals surface area contributed by atoms with E-state index in [-0.39, 0.29) is 55.8 Å². The second-order valence-electron chi connectivity index (χ2n) is 5.63. The van der Waals surface area contributed by atoms with E-state index >= 15 is 0 Å². The summed E-state index contributed by atoms with van der Waals surface area (Å²) in [6.45, 7) is 0.228. The lowest BCUT2D eigenvalue weighted by Crippen LogP contribution is -2.34. The molecule has 0 aliphatic carbocycles. The summed E-state index contributed by atoms with van der Waals surface area (Å²) < 4.78 is 40.1. The van der Waals surface area contributed by atoms with Gasteiger partial charge in [0.05, 0.1) is 0 Å². The maximum atomic E-state index is 12.1. The molecular formula is C16H17F3N2O4. The highest BCUT2D eigenvalue weighted by atomic mass is 19.4. The average molecular weight is 358 g/mol. The topological polar surface area (TPSA) is 66.9 Å². The van der Waals surface area contributed by atoms with Gasteiger partial charge in [-0.1, -0.05) is 12.1 Å². The van der Waals surface area contributed by atoms with Gasteiger partial charge >= 0.3 is 6.36 Å². The molecule has 6 nitrogen and oxygen atoms in total. The first kappa shape index (κ1) is 18.8. The van der Waals surface area contributed by atoms with Crippen LogP contribution in [0.2, 0.25) is 0 Å². The van der Waals surface area contributed by atoms with Crippen LogP contribution in [0.1, 0.15) is 24.8 Å². The Kier molecular flexibility index (Phi) is 5.66. The van der Waals surface area contributed by atoms with Gasteiger partial charge in [0.25, 0.3) is 0 Å². The molecule has 25 heavy (non-hydrogen) atoms. The first-order valence-electron chi connectivity index (χ1n) is 7.57. The van der Waals surface area contributed by atoms with Gasteiger partial charge in [0.2, 0.25) is 17.7 Å². The van der Waals surface area contributed by atoms with E-state index in [4.69, 9.17) is 0 Å². The van der Waals surface area contributed by atoms with E-state index < -0.39 is 6.36 Å². The van der Waals surface area contributed by atoms with Crippen molar-refractivity contribution < 1.29 is 32.3 Å². The minimum Gasteiger partial charge on any atom is -0.406 e. The Bertz CT molecular complexity index is 642. The van der Waals surface area contributed by atoms with Gasteiger partial charge in [0.15, 0.2) is 0 Å². The number of alkyl halides is 3. The van der Waals surface area contributed by atoms with Crippen LogP contribution < -0.4 is 4.74 Å². The summed E-state index contributed by atoms with van der Waals surface area (Å²) in [4.78, 5) is 37.5. The van der Waals surface area contributed by atoms with Gasteiger partial charge < -0.3 is 9.64 Å². The lowest BCUT2D eigenvalue weighted by atomic mass is 10.2. The van der Waals surface area contributed by atoms with Gasteiger partial charge in [0, 0.05) is 39.4 Å². The molecule has 1 aromatic carbocycles. The van der Waals surface area contributed by atoms with Crippen LogP contribution in [-0.2, 0) is 20.9 Å². The standard InChI is InChI=1S/C16H17F3N2O4/c1-20(13(22)8-9-21-14(23)6-7-15(21)24)10-11-2-4-12(5-3-11)25-16(17,18)19/h2-5H,6-10H2,1H3. The Morgan fingerprint density at radius 2 is 1.72 bits per heavy atom. The van der Waals surface area contributed by atoms with Gasteiger partial charge in [-0.2, -0.15) is 0 Å². The molecule has 0 saturated carbocycles. The third-order valence-electron chi connectivity index (χ3n) is 3.71. The van der Waals surface area contributed by atoms with E-state index in [0.29, 0.717) is 5.56 Å². The summed E-state index contributed by atoms with van der Waals surface area (Å²) in [6.07, 6.45) is -4.40. The second-order valence-corrected chi connectivity index (χ2v) is 5.63. The zero-order chi connectivity index (χ0) is 18.6. The lowest BCUT2D eigenvalue weighted by molar-refractivity contribution is -0.274. The van der Waals surface area contributed by atoms with Crippen LogP contribution in [0.4, 0.5) is 13.2 Å². The van der Waals surface area contributed by atoms with Crippen molar-refractivity contribution in [3.8, 4) is 5.75 Å². The molecule has 9 heteroatoms. The first-order chi connectivity index (χ1) is 11.7. The Hall–Kier alpha value is -2.58. The molecule has 1 fully saturated rings. The molecular weight excluding hydrogens is 341 g/mol. The fourth-order valence-electron chi connectivity index (χ4n) is 2.43. The molecule has 1 aromatic rings. The highest BCUT2D eigenvalue weighted by molar-refractivity contribution is 6.02. The maximum Gasteiger partial charge on any atom is 0.573 e. The predicted octanol–water partition coefficient (Wildman–Crippen LogP) is 2.08. The number of rotatable bonds is 6.